The fourth-order valence-corrected chi connectivity index (χ4v) is 4.55. The van der Waals surface area contributed by atoms with Crippen LogP contribution in [-0.4, -0.2) is 81.4 Å². The van der Waals surface area contributed by atoms with Crippen LogP contribution in [0.2, 0.25) is 0 Å². The van der Waals surface area contributed by atoms with Gasteiger partial charge in [-0.3, -0.25) is 4.79 Å². The number of benzene rings is 1. The highest BCUT2D eigenvalue weighted by Gasteiger charge is 2.40. The molecule has 3 heterocycles. The maximum atomic E-state index is 13.2. The number of aliphatic hydroxyl groups excluding tert-OH is 1. The molecule has 0 saturated carbocycles. The standard InChI is InChI=1S/C24H31F3N6O3/c1-31(14-15-34)22(35)3-2-16-36-19-6-4-17(5-7-19)18-10-12-32(13-11-18)21-9-8-20-28-29-23(24(25,26)27)33(20)30-21/h4-7,18,34H,2-3,8-16H2,1H3. The number of nitrogens with zero attached hydrogens (tertiary/aromatic N) is 6. The Kier molecular flexibility index (Phi) is 8.12. The van der Waals surface area contributed by atoms with Crippen molar-refractivity contribution < 1.29 is 27.8 Å². The predicted octanol–water partition coefficient (Wildman–Crippen LogP) is 2.89. The number of aryl methyl sites for hydroxylation is 1. The predicted molar refractivity (Wildman–Crippen MR) is 126 cm³/mol. The lowest BCUT2D eigenvalue weighted by molar-refractivity contribution is -0.147. The van der Waals surface area contributed by atoms with Crippen molar-refractivity contribution in [3.63, 3.8) is 0 Å². The maximum Gasteiger partial charge on any atom is 0.453 e. The molecule has 0 spiro atoms. The van der Waals surface area contributed by atoms with E-state index in [1.165, 1.54) is 10.5 Å². The van der Waals surface area contributed by atoms with Gasteiger partial charge in [0, 0.05) is 45.9 Å². The number of ether oxygens (including phenoxy) is 1. The molecule has 1 saturated heterocycles. The molecule has 0 atom stereocenters. The van der Waals surface area contributed by atoms with E-state index < -0.39 is 12.0 Å². The van der Waals surface area contributed by atoms with Gasteiger partial charge < -0.3 is 19.6 Å². The Balaban J connectivity index is 1.25. The summed E-state index contributed by atoms with van der Waals surface area (Å²) in [4.78, 5) is 15.5. The number of rotatable bonds is 8. The Hall–Kier alpha value is -3.15. The van der Waals surface area contributed by atoms with Crippen LogP contribution >= 0.6 is 0 Å². The highest BCUT2D eigenvalue weighted by molar-refractivity contribution is 5.83. The van der Waals surface area contributed by atoms with Crippen molar-refractivity contribution in [3.8, 4) is 5.75 Å². The quantitative estimate of drug-likeness (QED) is 0.551. The van der Waals surface area contributed by atoms with Gasteiger partial charge in [0.2, 0.25) is 5.91 Å². The Labute approximate surface area is 207 Å². The third kappa shape index (κ3) is 6.15. The minimum Gasteiger partial charge on any atom is -0.494 e. The summed E-state index contributed by atoms with van der Waals surface area (Å²) in [5.41, 5.74) is 1.20. The first-order valence-electron chi connectivity index (χ1n) is 12.2. The van der Waals surface area contributed by atoms with E-state index in [0.29, 0.717) is 50.6 Å². The lowest BCUT2D eigenvalue weighted by Gasteiger charge is -2.35. The number of carbonyl (C=O) groups is 1. The van der Waals surface area contributed by atoms with Gasteiger partial charge in [-0.2, -0.15) is 22.9 Å². The molecule has 1 aromatic carbocycles. The number of alkyl halides is 3. The number of likely N-dealkylation sites (tertiary alicyclic amines) is 1. The summed E-state index contributed by atoms with van der Waals surface area (Å²) in [6, 6.07) is 7.96. The van der Waals surface area contributed by atoms with Crippen molar-refractivity contribution in [3.05, 3.63) is 41.5 Å². The molecule has 196 valence electrons. The van der Waals surface area contributed by atoms with Crippen molar-refractivity contribution >= 4 is 11.7 Å². The zero-order valence-electron chi connectivity index (χ0n) is 20.2. The molecule has 1 amide bonds. The largest absolute Gasteiger partial charge is 0.494 e. The Bertz CT molecular complexity index is 1060. The third-order valence-corrected chi connectivity index (χ3v) is 6.62. The first-order chi connectivity index (χ1) is 17.3. The second-order valence-corrected chi connectivity index (χ2v) is 9.09. The Morgan fingerprint density at radius 3 is 2.56 bits per heavy atom. The van der Waals surface area contributed by atoms with Gasteiger partial charge in [-0.15, -0.1) is 10.2 Å². The van der Waals surface area contributed by atoms with Gasteiger partial charge >= 0.3 is 6.18 Å². The number of hydrogen-bond donors (Lipinski definition) is 1. The molecule has 36 heavy (non-hydrogen) atoms. The Morgan fingerprint density at radius 1 is 1.17 bits per heavy atom. The van der Waals surface area contributed by atoms with Gasteiger partial charge in [0.1, 0.15) is 11.6 Å². The van der Waals surface area contributed by atoms with Gasteiger partial charge in [-0.05, 0) is 42.9 Å². The molecule has 1 fully saturated rings. The first-order valence-corrected chi connectivity index (χ1v) is 12.2. The molecule has 2 aromatic rings. The van der Waals surface area contributed by atoms with Crippen LogP contribution in [0.1, 0.15) is 55.2 Å². The Morgan fingerprint density at radius 2 is 1.89 bits per heavy atom. The van der Waals surface area contributed by atoms with Gasteiger partial charge in [-0.25, -0.2) is 0 Å². The average molecular weight is 509 g/mol. The summed E-state index contributed by atoms with van der Waals surface area (Å²) in [7, 11) is 1.67. The summed E-state index contributed by atoms with van der Waals surface area (Å²) in [6.45, 7) is 2.16. The SMILES string of the molecule is CN(CCO)C(=O)CCCOc1ccc(C2CCN(C3=Nn4c(nnc4C(F)(F)F)CC3)CC2)cc1. The molecule has 0 aliphatic carbocycles. The summed E-state index contributed by atoms with van der Waals surface area (Å²) >= 11 is 0. The number of likely N-dealkylation sites (N-methyl/N-ethyl adjacent to an activating group) is 1. The highest BCUT2D eigenvalue weighted by Crippen LogP contribution is 2.32. The van der Waals surface area contributed by atoms with E-state index in [4.69, 9.17) is 9.84 Å². The lowest BCUT2D eigenvalue weighted by Crippen LogP contribution is -2.40. The zero-order chi connectivity index (χ0) is 25.7. The molecule has 0 radical (unpaired) electrons. The molecule has 0 bridgehead atoms. The molecule has 9 nitrogen and oxygen atoms in total. The van der Waals surface area contributed by atoms with E-state index >= 15 is 0 Å². The number of hydrogen-bond acceptors (Lipinski definition) is 7. The van der Waals surface area contributed by atoms with Crippen LogP contribution in [-0.2, 0) is 17.4 Å². The van der Waals surface area contributed by atoms with Gasteiger partial charge in [0.05, 0.1) is 13.2 Å². The summed E-state index contributed by atoms with van der Waals surface area (Å²) in [5.74, 6) is 0.897. The first kappa shape index (κ1) is 25.9. The normalized spacial score (nSPS) is 16.5. The number of amidine groups is 1. The fourth-order valence-electron chi connectivity index (χ4n) is 4.55. The van der Waals surface area contributed by atoms with Crippen molar-refractivity contribution in [1.29, 1.82) is 0 Å². The minimum atomic E-state index is -4.59. The zero-order valence-corrected chi connectivity index (χ0v) is 20.2. The van der Waals surface area contributed by atoms with Crippen LogP contribution in [0.15, 0.2) is 29.4 Å². The van der Waals surface area contributed by atoms with Gasteiger partial charge in [0.25, 0.3) is 5.82 Å². The molecule has 1 N–H and O–H groups in total. The molecule has 1 aromatic heterocycles. The summed E-state index contributed by atoms with van der Waals surface area (Å²) in [5, 5.41) is 20.0. The number of amides is 1. The number of carbonyl (C=O) groups excluding carboxylic acids is 1. The summed E-state index contributed by atoms with van der Waals surface area (Å²) in [6.07, 6.45) is -0.927. The van der Waals surface area contributed by atoms with E-state index in [1.54, 1.807) is 7.05 Å². The van der Waals surface area contributed by atoms with Crippen LogP contribution in [0.5, 0.6) is 5.75 Å². The number of fused-ring (bicyclic) bond motifs is 1. The van der Waals surface area contributed by atoms with Crippen LogP contribution in [0.25, 0.3) is 0 Å². The van der Waals surface area contributed by atoms with Crippen LogP contribution < -0.4 is 4.74 Å². The number of halogens is 3. The number of piperidine rings is 1. The van der Waals surface area contributed by atoms with Crippen LogP contribution in [0.3, 0.4) is 0 Å². The van der Waals surface area contributed by atoms with E-state index in [0.717, 1.165) is 36.4 Å². The molecule has 12 heteroatoms. The molecule has 2 aliphatic heterocycles. The van der Waals surface area contributed by atoms with Crippen LogP contribution in [0.4, 0.5) is 13.2 Å². The van der Waals surface area contributed by atoms with Crippen molar-refractivity contribution in [2.75, 3.05) is 39.9 Å². The average Bonchev–Trinajstić information content (AvgIpc) is 3.31. The molecular weight excluding hydrogens is 477 g/mol. The molecule has 4 rings (SSSR count). The third-order valence-electron chi connectivity index (χ3n) is 6.62. The van der Waals surface area contributed by atoms with E-state index in [-0.39, 0.29) is 18.3 Å². The fraction of sp³-hybridized carbons (Fsp3) is 0.583. The number of aliphatic hydroxyl groups is 1. The molecular formula is C24H31F3N6O3. The van der Waals surface area contributed by atoms with E-state index in [1.807, 2.05) is 24.3 Å². The number of aromatic nitrogens is 3. The maximum absolute atomic E-state index is 13.2. The van der Waals surface area contributed by atoms with Crippen molar-refractivity contribution in [2.45, 2.75) is 50.6 Å². The molecule has 2 aliphatic rings. The molecule has 0 unspecified atom stereocenters. The van der Waals surface area contributed by atoms with Crippen LogP contribution in [0, 0.1) is 0 Å². The topological polar surface area (TPSA) is 96.1 Å². The monoisotopic (exact) mass is 508 g/mol. The second kappa shape index (κ2) is 11.3. The van der Waals surface area contributed by atoms with E-state index in [2.05, 4.69) is 20.2 Å². The minimum absolute atomic E-state index is 0.0172. The van der Waals surface area contributed by atoms with E-state index in [9.17, 15) is 18.0 Å². The smallest absolute Gasteiger partial charge is 0.453 e. The van der Waals surface area contributed by atoms with Crippen molar-refractivity contribution in [2.24, 2.45) is 5.10 Å². The highest BCUT2D eigenvalue weighted by atomic mass is 19.4. The van der Waals surface area contributed by atoms with Gasteiger partial charge in [0.15, 0.2) is 5.82 Å². The summed E-state index contributed by atoms with van der Waals surface area (Å²) < 4.78 is 46.1. The van der Waals surface area contributed by atoms with Gasteiger partial charge in [-0.1, -0.05) is 12.1 Å². The van der Waals surface area contributed by atoms with Crippen molar-refractivity contribution in [1.82, 2.24) is 24.7 Å². The second-order valence-electron chi connectivity index (χ2n) is 9.09. The lowest BCUT2D eigenvalue weighted by atomic mass is 9.89.